The Morgan fingerprint density at radius 2 is 2.11 bits per heavy atom. The molecule has 0 aliphatic carbocycles. The molecule has 1 amide bonds. The number of nitrogens with zero attached hydrogens (tertiary/aromatic N) is 1. The molecule has 2 rings (SSSR count). The molecule has 0 aromatic heterocycles. The van der Waals surface area contributed by atoms with Crippen molar-refractivity contribution >= 4 is 17.3 Å². The third kappa shape index (κ3) is 2.08. The molecule has 1 aliphatic rings. The number of carbonyl (C=O) groups is 1. The number of nitrogens with two attached hydrogens (primary N) is 1. The topological polar surface area (TPSA) is 58.4 Å². The van der Waals surface area contributed by atoms with Gasteiger partial charge < -0.3 is 16.0 Å². The van der Waals surface area contributed by atoms with Gasteiger partial charge in [0.25, 0.3) is 0 Å². The van der Waals surface area contributed by atoms with Gasteiger partial charge in [-0.1, -0.05) is 0 Å². The van der Waals surface area contributed by atoms with Crippen LogP contribution < -0.4 is 16.0 Å². The summed E-state index contributed by atoms with van der Waals surface area (Å²) in [6.07, 6.45) is 1.37. The molecule has 1 aliphatic heterocycles. The van der Waals surface area contributed by atoms with Gasteiger partial charge in [0.05, 0.1) is 5.54 Å². The monoisotopic (exact) mass is 247 g/mol. The molecule has 18 heavy (non-hydrogen) atoms. The van der Waals surface area contributed by atoms with Crippen molar-refractivity contribution in [1.29, 1.82) is 0 Å². The molecule has 4 nitrogen and oxygen atoms in total. The second-order valence-corrected chi connectivity index (χ2v) is 5.34. The summed E-state index contributed by atoms with van der Waals surface area (Å²) in [4.78, 5) is 14.0. The molecule has 1 aromatic rings. The quantitative estimate of drug-likeness (QED) is 0.855. The summed E-state index contributed by atoms with van der Waals surface area (Å²) in [5, 5.41) is 3.13. The number of anilines is 2. The third-order valence-corrected chi connectivity index (χ3v) is 3.57. The predicted molar refractivity (Wildman–Crippen MR) is 74.9 cm³/mol. The molecule has 0 unspecified atom stereocenters. The maximum atomic E-state index is 12.2. The number of hydrogen-bond donors (Lipinski definition) is 2. The van der Waals surface area contributed by atoms with Crippen LogP contribution in [0.5, 0.6) is 0 Å². The molecule has 0 bridgehead atoms. The lowest BCUT2D eigenvalue weighted by atomic mass is 9.93. The highest BCUT2D eigenvalue weighted by atomic mass is 16.2. The van der Waals surface area contributed by atoms with Crippen molar-refractivity contribution in [2.45, 2.75) is 32.2 Å². The normalized spacial score (nSPS) is 15.6. The molecule has 0 fully saturated rings. The average molecular weight is 247 g/mol. The summed E-state index contributed by atoms with van der Waals surface area (Å²) < 4.78 is 0. The fourth-order valence-corrected chi connectivity index (χ4v) is 2.40. The fourth-order valence-electron chi connectivity index (χ4n) is 2.40. The Hall–Kier alpha value is -1.55. The van der Waals surface area contributed by atoms with E-state index >= 15 is 0 Å². The highest BCUT2D eigenvalue weighted by Crippen LogP contribution is 2.34. The largest absolute Gasteiger partial charge is 0.388 e. The van der Waals surface area contributed by atoms with Crippen molar-refractivity contribution in [2.24, 2.45) is 5.73 Å². The van der Waals surface area contributed by atoms with Gasteiger partial charge in [0.1, 0.15) is 0 Å². The fraction of sp³-hybridized carbons (Fsp3) is 0.500. The number of carbonyl (C=O) groups excluding carboxylic acids is 1. The highest BCUT2D eigenvalue weighted by Gasteiger charge is 2.34. The van der Waals surface area contributed by atoms with Gasteiger partial charge in [0.2, 0.25) is 5.91 Å². The lowest BCUT2D eigenvalue weighted by Crippen LogP contribution is -2.54. The van der Waals surface area contributed by atoms with E-state index in [-0.39, 0.29) is 11.4 Å². The van der Waals surface area contributed by atoms with Crippen LogP contribution in [-0.4, -0.2) is 25.0 Å². The van der Waals surface area contributed by atoms with Crippen LogP contribution in [0.15, 0.2) is 18.2 Å². The Morgan fingerprint density at radius 3 is 2.72 bits per heavy atom. The summed E-state index contributed by atoms with van der Waals surface area (Å²) in [5.41, 5.74) is 8.76. The number of benzene rings is 1. The maximum absolute atomic E-state index is 12.2. The van der Waals surface area contributed by atoms with Gasteiger partial charge in [-0.2, -0.15) is 0 Å². The van der Waals surface area contributed by atoms with Crippen LogP contribution in [0.25, 0.3) is 0 Å². The maximum Gasteiger partial charge on any atom is 0.227 e. The van der Waals surface area contributed by atoms with Crippen LogP contribution in [0.4, 0.5) is 11.4 Å². The second kappa shape index (κ2) is 4.61. The third-order valence-electron chi connectivity index (χ3n) is 3.57. The summed E-state index contributed by atoms with van der Waals surface area (Å²) in [6.45, 7) is 4.46. The Balaban J connectivity index is 2.48. The Bertz CT molecular complexity index is 468. The Labute approximate surface area is 108 Å². The van der Waals surface area contributed by atoms with Gasteiger partial charge in [0, 0.05) is 31.4 Å². The molecule has 98 valence electrons. The number of rotatable bonds is 3. The summed E-state index contributed by atoms with van der Waals surface area (Å²) >= 11 is 0. The average Bonchev–Trinajstić information content (AvgIpc) is 2.37. The molecule has 1 aromatic carbocycles. The number of aryl methyl sites for hydroxylation is 1. The molecule has 0 spiro atoms. The number of fused-ring (bicyclic) bond motifs is 1. The van der Waals surface area contributed by atoms with E-state index in [0.717, 1.165) is 17.8 Å². The van der Waals surface area contributed by atoms with Crippen molar-refractivity contribution in [3.63, 3.8) is 0 Å². The first-order valence-corrected chi connectivity index (χ1v) is 6.33. The minimum absolute atomic E-state index is 0.162. The van der Waals surface area contributed by atoms with E-state index in [1.807, 2.05) is 37.9 Å². The lowest BCUT2D eigenvalue weighted by molar-refractivity contribution is -0.119. The zero-order valence-corrected chi connectivity index (χ0v) is 11.3. The van der Waals surface area contributed by atoms with Crippen molar-refractivity contribution in [1.82, 2.24) is 0 Å². The van der Waals surface area contributed by atoms with E-state index in [1.54, 1.807) is 0 Å². The Morgan fingerprint density at radius 1 is 1.39 bits per heavy atom. The smallest absolute Gasteiger partial charge is 0.227 e. The second-order valence-electron chi connectivity index (χ2n) is 5.34. The van der Waals surface area contributed by atoms with E-state index in [1.165, 1.54) is 5.56 Å². The van der Waals surface area contributed by atoms with Crippen molar-refractivity contribution in [2.75, 3.05) is 23.8 Å². The molecule has 3 N–H and O–H groups in total. The van der Waals surface area contributed by atoms with Crippen LogP contribution >= 0.6 is 0 Å². The van der Waals surface area contributed by atoms with E-state index in [0.29, 0.717) is 13.0 Å². The van der Waals surface area contributed by atoms with E-state index in [9.17, 15) is 4.79 Å². The molecule has 0 saturated heterocycles. The van der Waals surface area contributed by atoms with Crippen LogP contribution in [0, 0.1) is 0 Å². The predicted octanol–water partition coefficient (Wildman–Crippen LogP) is 1.74. The van der Waals surface area contributed by atoms with Crippen LogP contribution in [0.1, 0.15) is 25.8 Å². The van der Waals surface area contributed by atoms with Crippen LogP contribution in [0.3, 0.4) is 0 Å². The van der Waals surface area contributed by atoms with Crippen molar-refractivity contribution in [3.05, 3.63) is 23.8 Å². The minimum Gasteiger partial charge on any atom is -0.388 e. The van der Waals surface area contributed by atoms with Gasteiger partial charge in [-0.15, -0.1) is 0 Å². The first kappa shape index (κ1) is 12.9. The molecular formula is C14H21N3O. The van der Waals surface area contributed by atoms with Gasteiger partial charge in [0.15, 0.2) is 0 Å². The summed E-state index contributed by atoms with van der Waals surface area (Å²) in [7, 11) is 1.90. The number of hydrogen-bond acceptors (Lipinski definition) is 3. The van der Waals surface area contributed by atoms with Crippen LogP contribution in [0.2, 0.25) is 0 Å². The van der Waals surface area contributed by atoms with E-state index in [4.69, 9.17) is 5.73 Å². The lowest BCUT2D eigenvalue weighted by Gasteiger charge is -2.41. The zero-order chi connectivity index (χ0) is 13.3. The Kier molecular flexibility index (Phi) is 3.30. The molecule has 4 heteroatoms. The highest BCUT2D eigenvalue weighted by molar-refractivity contribution is 5.98. The number of amides is 1. The van der Waals surface area contributed by atoms with Gasteiger partial charge in [-0.05, 0) is 44.0 Å². The van der Waals surface area contributed by atoms with Gasteiger partial charge in [-0.3, -0.25) is 4.79 Å². The molecule has 0 saturated carbocycles. The minimum atomic E-state index is -0.340. The first-order valence-electron chi connectivity index (χ1n) is 6.33. The molecule has 1 heterocycles. The van der Waals surface area contributed by atoms with Crippen molar-refractivity contribution < 1.29 is 4.79 Å². The van der Waals surface area contributed by atoms with E-state index < -0.39 is 0 Å². The standard InChI is InChI=1S/C14H21N3O/c1-14(2,9-15)17-12-6-5-11(16-3)8-10(12)4-7-13(17)18/h5-6,8,16H,4,7,9,15H2,1-3H3. The SMILES string of the molecule is CNc1ccc2c(c1)CCC(=O)N2C(C)(C)CN. The van der Waals surface area contributed by atoms with Crippen molar-refractivity contribution in [3.8, 4) is 0 Å². The number of nitrogens with one attached hydrogen (secondary N) is 1. The first-order chi connectivity index (χ1) is 8.49. The summed E-state index contributed by atoms with van der Waals surface area (Å²) in [5.74, 6) is 0.162. The molecule has 0 radical (unpaired) electrons. The molecular weight excluding hydrogens is 226 g/mol. The summed E-state index contributed by atoms with van der Waals surface area (Å²) in [6, 6.07) is 6.12. The van der Waals surface area contributed by atoms with E-state index in [2.05, 4.69) is 11.4 Å². The molecule has 0 atom stereocenters. The zero-order valence-electron chi connectivity index (χ0n) is 11.3. The van der Waals surface area contributed by atoms with Gasteiger partial charge >= 0.3 is 0 Å². The van der Waals surface area contributed by atoms with Crippen LogP contribution in [-0.2, 0) is 11.2 Å². The van der Waals surface area contributed by atoms with Gasteiger partial charge in [-0.25, -0.2) is 0 Å².